The van der Waals surface area contributed by atoms with Crippen LogP contribution in [0, 0.1) is 10.8 Å². The molecule has 1 fully saturated rings. The van der Waals surface area contributed by atoms with Crippen molar-refractivity contribution in [1.82, 2.24) is 4.90 Å². The fourth-order valence-corrected chi connectivity index (χ4v) is 3.10. The first-order valence-corrected chi connectivity index (χ1v) is 7.82. The minimum absolute atomic E-state index is 0.194. The highest BCUT2D eigenvalue weighted by Crippen LogP contribution is 2.20. The third-order valence-electron chi connectivity index (χ3n) is 3.43. The Bertz CT molecular complexity index is 376. The molecular weight excluding hydrogens is 238 g/mol. The van der Waals surface area contributed by atoms with Crippen molar-refractivity contribution in [2.45, 2.75) is 26.7 Å². The van der Waals surface area contributed by atoms with E-state index in [1.807, 2.05) is 13.8 Å². The lowest BCUT2D eigenvalue weighted by Crippen LogP contribution is -2.36. The van der Waals surface area contributed by atoms with Crippen LogP contribution in [0.5, 0.6) is 0 Å². The Hall–Kier alpha value is -0.620. The summed E-state index contributed by atoms with van der Waals surface area (Å²) in [6, 6.07) is 0. The molecule has 0 aromatic carbocycles. The molecule has 3 N–H and O–H groups in total. The molecule has 1 saturated heterocycles. The van der Waals surface area contributed by atoms with Gasteiger partial charge in [-0.2, -0.15) is 0 Å². The van der Waals surface area contributed by atoms with Crippen LogP contribution in [-0.4, -0.2) is 50.3 Å². The fourth-order valence-electron chi connectivity index (χ4n) is 1.79. The number of hydrogen-bond acceptors (Lipinski definition) is 4. The molecule has 0 amide bonds. The van der Waals surface area contributed by atoms with Crippen LogP contribution in [0.25, 0.3) is 0 Å². The summed E-state index contributed by atoms with van der Waals surface area (Å²) < 4.78 is 22.9. The van der Waals surface area contributed by atoms with Crippen LogP contribution in [-0.2, 0) is 9.84 Å². The van der Waals surface area contributed by atoms with Gasteiger partial charge in [-0.1, -0.05) is 13.8 Å². The second-order valence-corrected chi connectivity index (χ2v) is 7.70. The van der Waals surface area contributed by atoms with Gasteiger partial charge in [-0.05, 0) is 25.9 Å². The molecule has 0 unspecified atom stereocenters. The van der Waals surface area contributed by atoms with E-state index < -0.39 is 9.84 Å². The van der Waals surface area contributed by atoms with Crippen molar-refractivity contribution in [3.05, 3.63) is 0 Å². The molecule has 1 rings (SSSR count). The third-order valence-corrected chi connectivity index (χ3v) is 5.15. The van der Waals surface area contributed by atoms with E-state index in [-0.39, 0.29) is 17.0 Å². The highest BCUT2D eigenvalue weighted by atomic mass is 32.2. The number of rotatable bonds is 4. The summed E-state index contributed by atoms with van der Waals surface area (Å²) >= 11 is 0. The Morgan fingerprint density at radius 2 is 2.00 bits per heavy atom. The minimum Gasteiger partial charge on any atom is -0.387 e. The molecule has 0 aromatic rings. The Labute approximate surface area is 104 Å². The van der Waals surface area contributed by atoms with Gasteiger partial charge in [0.15, 0.2) is 9.84 Å². The standard InChI is InChI=1S/C11H23N3O2S/c1-11(2,10(12)13)4-6-14-5-3-8-17(15,16)9-7-14/h3-9H2,1-2H3,(H3,12,13). The second-order valence-electron chi connectivity index (χ2n) is 5.39. The minimum atomic E-state index is -2.83. The van der Waals surface area contributed by atoms with Gasteiger partial charge in [0.25, 0.3) is 0 Å². The van der Waals surface area contributed by atoms with Gasteiger partial charge in [0.1, 0.15) is 0 Å². The zero-order valence-electron chi connectivity index (χ0n) is 10.7. The zero-order valence-corrected chi connectivity index (χ0v) is 11.5. The lowest BCUT2D eigenvalue weighted by molar-refractivity contribution is 0.261. The van der Waals surface area contributed by atoms with Crippen molar-refractivity contribution in [2.75, 3.05) is 31.1 Å². The van der Waals surface area contributed by atoms with E-state index in [0.717, 1.165) is 19.5 Å². The molecule has 1 aliphatic rings. The average molecular weight is 261 g/mol. The summed E-state index contributed by atoms with van der Waals surface area (Å²) in [5, 5.41) is 7.48. The number of nitrogens with two attached hydrogens (primary N) is 1. The Balaban J connectivity index is 2.46. The molecule has 17 heavy (non-hydrogen) atoms. The van der Waals surface area contributed by atoms with E-state index >= 15 is 0 Å². The van der Waals surface area contributed by atoms with Gasteiger partial charge in [-0.25, -0.2) is 8.42 Å². The van der Waals surface area contributed by atoms with E-state index in [9.17, 15) is 8.42 Å². The van der Waals surface area contributed by atoms with Gasteiger partial charge in [0, 0.05) is 12.0 Å². The molecule has 1 heterocycles. The van der Waals surface area contributed by atoms with Crippen LogP contribution < -0.4 is 5.73 Å². The maximum Gasteiger partial charge on any atom is 0.151 e. The largest absolute Gasteiger partial charge is 0.387 e. The molecule has 0 aliphatic carbocycles. The predicted molar refractivity (Wildman–Crippen MR) is 70.0 cm³/mol. The van der Waals surface area contributed by atoms with Crippen molar-refractivity contribution in [2.24, 2.45) is 11.1 Å². The lowest BCUT2D eigenvalue weighted by Gasteiger charge is -2.27. The number of hydrogen-bond donors (Lipinski definition) is 2. The molecule has 0 aromatic heterocycles. The molecule has 0 saturated carbocycles. The predicted octanol–water partition coefficient (Wildman–Crippen LogP) is 0.459. The first-order valence-electron chi connectivity index (χ1n) is 6.00. The lowest BCUT2D eigenvalue weighted by atomic mass is 9.88. The quantitative estimate of drug-likeness (QED) is 0.568. The molecule has 0 bridgehead atoms. The molecule has 0 spiro atoms. The topological polar surface area (TPSA) is 87.2 Å². The number of sulfone groups is 1. The summed E-state index contributed by atoms with van der Waals surface area (Å²) in [7, 11) is -2.83. The monoisotopic (exact) mass is 261 g/mol. The van der Waals surface area contributed by atoms with Crippen molar-refractivity contribution in [1.29, 1.82) is 5.41 Å². The molecule has 1 aliphatic heterocycles. The third kappa shape index (κ3) is 4.63. The van der Waals surface area contributed by atoms with Crippen LogP contribution in [0.3, 0.4) is 0 Å². The highest BCUT2D eigenvalue weighted by molar-refractivity contribution is 7.91. The van der Waals surface area contributed by atoms with Crippen molar-refractivity contribution in [3.63, 3.8) is 0 Å². The normalized spacial score (nSPS) is 22.0. The summed E-state index contributed by atoms with van der Waals surface area (Å²) in [5.41, 5.74) is 5.23. The van der Waals surface area contributed by atoms with Crippen LogP contribution in [0.2, 0.25) is 0 Å². The van der Waals surface area contributed by atoms with E-state index in [1.165, 1.54) is 0 Å². The van der Waals surface area contributed by atoms with Crippen LogP contribution in [0.15, 0.2) is 0 Å². The van der Waals surface area contributed by atoms with Gasteiger partial charge in [-0.15, -0.1) is 0 Å². The van der Waals surface area contributed by atoms with Crippen molar-refractivity contribution in [3.8, 4) is 0 Å². The number of amidine groups is 1. The van der Waals surface area contributed by atoms with Crippen LogP contribution in [0.1, 0.15) is 26.7 Å². The maximum atomic E-state index is 11.4. The number of nitrogens with zero attached hydrogens (tertiary/aromatic N) is 1. The summed E-state index contributed by atoms with van der Waals surface area (Å²) in [5.74, 6) is 0.757. The van der Waals surface area contributed by atoms with E-state index in [2.05, 4.69) is 4.90 Å². The van der Waals surface area contributed by atoms with Gasteiger partial charge < -0.3 is 10.6 Å². The molecule has 5 nitrogen and oxygen atoms in total. The Kier molecular flexibility index (Phi) is 4.55. The first kappa shape index (κ1) is 14.4. The molecule has 100 valence electrons. The van der Waals surface area contributed by atoms with Crippen molar-refractivity contribution >= 4 is 15.7 Å². The van der Waals surface area contributed by atoms with Gasteiger partial charge in [-0.3, -0.25) is 5.41 Å². The van der Waals surface area contributed by atoms with E-state index in [4.69, 9.17) is 11.1 Å². The average Bonchev–Trinajstić information content (AvgIpc) is 2.36. The number of nitrogens with one attached hydrogen (secondary N) is 1. The summed E-state index contributed by atoms with van der Waals surface area (Å²) in [6.07, 6.45) is 1.51. The van der Waals surface area contributed by atoms with Gasteiger partial charge in [0.2, 0.25) is 0 Å². The second kappa shape index (κ2) is 5.35. The molecule has 6 heteroatoms. The van der Waals surface area contributed by atoms with Gasteiger partial charge >= 0.3 is 0 Å². The first-order chi connectivity index (χ1) is 7.73. The molecule has 0 radical (unpaired) electrons. The maximum absolute atomic E-state index is 11.4. The molecular formula is C11H23N3O2S. The van der Waals surface area contributed by atoms with Gasteiger partial charge in [0.05, 0.1) is 17.3 Å². The highest BCUT2D eigenvalue weighted by Gasteiger charge is 2.24. The smallest absolute Gasteiger partial charge is 0.151 e. The summed E-state index contributed by atoms with van der Waals surface area (Å²) in [4.78, 5) is 2.16. The zero-order chi connectivity index (χ0) is 13.1. The molecule has 0 atom stereocenters. The van der Waals surface area contributed by atoms with Crippen LogP contribution in [0.4, 0.5) is 0 Å². The van der Waals surface area contributed by atoms with Crippen LogP contribution >= 0.6 is 0 Å². The van der Waals surface area contributed by atoms with Crippen molar-refractivity contribution < 1.29 is 8.42 Å². The van der Waals surface area contributed by atoms with E-state index in [0.29, 0.717) is 18.7 Å². The Morgan fingerprint density at radius 3 is 2.59 bits per heavy atom. The SMILES string of the molecule is CC(C)(CCN1CCCS(=O)(=O)CC1)C(=N)N. The fraction of sp³-hybridized carbons (Fsp3) is 0.909. The Morgan fingerprint density at radius 1 is 1.35 bits per heavy atom. The summed E-state index contributed by atoms with van der Waals surface area (Å²) in [6.45, 7) is 6.14. The van der Waals surface area contributed by atoms with E-state index in [1.54, 1.807) is 0 Å².